The fourth-order valence-electron chi connectivity index (χ4n) is 1.90. The number of nitrogens with two attached hydrogens (primary N) is 1. The summed E-state index contributed by atoms with van der Waals surface area (Å²) in [6, 6.07) is 2.20. The van der Waals surface area contributed by atoms with Crippen LogP contribution in [0.5, 0.6) is 5.75 Å². The molecule has 0 aliphatic heterocycles. The van der Waals surface area contributed by atoms with Crippen LogP contribution in [0.25, 0.3) is 0 Å². The molecule has 1 rings (SSSR count). The molecule has 0 spiro atoms. The van der Waals surface area contributed by atoms with Gasteiger partial charge in [0.2, 0.25) is 0 Å². The van der Waals surface area contributed by atoms with Crippen molar-refractivity contribution in [1.82, 2.24) is 0 Å². The van der Waals surface area contributed by atoms with Gasteiger partial charge in [0, 0.05) is 5.56 Å². The lowest BCUT2D eigenvalue weighted by Crippen LogP contribution is -2.11. The van der Waals surface area contributed by atoms with Crippen molar-refractivity contribution in [2.75, 3.05) is 6.61 Å². The third kappa shape index (κ3) is 5.41. The largest absolute Gasteiger partial charge is 0.488 e. The zero-order valence-electron chi connectivity index (χ0n) is 11.8. The summed E-state index contributed by atoms with van der Waals surface area (Å²) in [6.45, 7) is 2.47. The SMILES string of the molecule is CCCCCCCCOc1c(F)cc(C(N)=S)cc1F. The summed E-state index contributed by atoms with van der Waals surface area (Å²) >= 11 is 4.68. The van der Waals surface area contributed by atoms with Crippen molar-refractivity contribution in [3.05, 3.63) is 29.3 Å². The number of halogens is 2. The van der Waals surface area contributed by atoms with Crippen LogP contribution < -0.4 is 10.5 Å². The van der Waals surface area contributed by atoms with Crippen molar-refractivity contribution in [2.24, 2.45) is 5.73 Å². The molecule has 0 atom stereocenters. The molecule has 1 aromatic rings. The molecule has 0 aliphatic carbocycles. The number of thiocarbonyl (C=S) groups is 1. The lowest BCUT2D eigenvalue weighted by Gasteiger charge is -2.09. The molecule has 0 amide bonds. The fourth-order valence-corrected chi connectivity index (χ4v) is 2.01. The molecule has 0 saturated heterocycles. The summed E-state index contributed by atoms with van der Waals surface area (Å²) in [5, 5.41) is 0. The van der Waals surface area contributed by atoms with Gasteiger partial charge in [-0.15, -0.1) is 0 Å². The first-order valence-electron chi connectivity index (χ1n) is 6.98. The van der Waals surface area contributed by atoms with E-state index in [0.717, 1.165) is 31.4 Å². The third-order valence-electron chi connectivity index (χ3n) is 3.03. The second-order valence-corrected chi connectivity index (χ2v) is 5.19. The molecule has 0 radical (unpaired) electrons. The third-order valence-corrected chi connectivity index (χ3v) is 3.26. The van der Waals surface area contributed by atoms with Gasteiger partial charge in [0.05, 0.1) is 6.61 Å². The van der Waals surface area contributed by atoms with Gasteiger partial charge in [0.15, 0.2) is 17.4 Å². The van der Waals surface area contributed by atoms with E-state index in [1.54, 1.807) is 0 Å². The summed E-state index contributed by atoms with van der Waals surface area (Å²) in [4.78, 5) is -0.0368. The van der Waals surface area contributed by atoms with Crippen molar-refractivity contribution in [3.63, 3.8) is 0 Å². The van der Waals surface area contributed by atoms with Crippen LogP contribution in [0.15, 0.2) is 12.1 Å². The number of unbranched alkanes of at least 4 members (excludes halogenated alkanes) is 5. The molecule has 2 nitrogen and oxygen atoms in total. The summed E-state index contributed by atoms with van der Waals surface area (Å²) in [5.74, 6) is -1.88. The highest BCUT2D eigenvalue weighted by molar-refractivity contribution is 7.80. The maximum atomic E-state index is 13.7. The van der Waals surface area contributed by atoms with Crippen LogP contribution in [0.2, 0.25) is 0 Å². The maximum absolute atomic E-state index is 13.7. The molecule has 0 fully saturated rings. The first kappa shape index (κ1) is 16.8. The van der Waals surface area contributed by atoms with E-state index >= 15 is 0 Å². The van der Waals surface area contributed by atoms with Gasteiger partial charge >= 0.3 is 0 Å². The Bertz CT molecular complexity index is 428. The predicted octanol–water partition coefficient (Wildman–Crippen LogP) is 4.34. The zero-order chi connectivity index (χ0) is 15.0. The summed E-state index contributed by atoms with van der Waals surface area (Å²) in [6.07, 6.45) is 6.55. The Morgan fingerprint density at radius 3 is 2.20 bits per heavy atom. The molecule has 0 heterocycles. The van der Waals surface area contributed by atoms with Gasteiger partial charge in [-0.2, -0.15) is 0 Å². The van der Waals surface area contributed by atoms with Gasteiger partial charge in [0.25, 0.3) is 0 Å². The highest BCUT2D eigenvalue weighted by atomic mass is 32.1. The minimum atomic E-state index is -0.765. The quantitative estimate of drug-likeness (QED) is 0.544. The highest BCUT2D eigenvalue weighted by Crippen LogP contribution is 2.23. The van der Waals surface area contributed by atoms with Crippen LogP contribution in [0.1, 0.15) is 51.0 Å². The van der Waals surface area contributed by atoms with Crippen molar-refractivity contribution < 1.29 is 13.5 Å². The Labute approximate surface area is 124 Å². The summed E-state index contributed by atoms with van der Waals surface area (Å²) < 4.78 is 32.5. The van der Waals surface area contributed by atoms with Gasteiger partial charge in [0.1, 0.15) is 4.99 Å². The molecule has 5 heteroatoms. The fraction of sp³-hybridized carbons (Fsp3) is 0.533. The number of hydrogen-bond donors (Lipinski definition) is 1. The molecule has 0 aliphatic rings. The van der Waals surface area contributed by atoms with E-state index < -0.39 is 11.6 Å². The number of rotatable bonds is 9. The van der Waals surface area contributed by atoms with Crippen molar-refractivity contribution in [3.8, 4) is 5.75 Å². The molecule has 112 valence electrons. The monoisotopic (exact) mass is 301 g/mol. The summed E-state index contributed by atoms with van der Waals surface area (Å²) in [7, 11) is 0. The normalized spacial score (nSPS) is 10.6. The highest BCUT2D eigenvalue weighted by Gasteiger charge is 2.13. The van der Waals surface area contributed by atoms with Gasteiger partial charge in [-0.05, 0) is 18.6 Å². The number of hydrogen-bond acceptors (Lipinski definition) is 2. The van der Waals surface area contributed by atoms with E-state index in [0.29, 0.717) is 6.61 Å². The smallest absolute Gasteiger partial charge is 0.190 e. The van der Waals surface area contributed by atoms with E-state index in [1.165, 1.54) is 19.3 Å². The van der Waals surface area contributed by atoms with Crippen molar-refractivity contribution in [2.45, 2.75) is 45.4 Å². The Morgan fingerprint density at radius 1 is 1.10 bits per heavy atom. The number of benzene rings is 1. The Balaban J connectivity index is 2.42. The van der Waals surface area contributed by atoms with Crippen LogP contribution in [0.3, 0.4) is 0 Å². The molecule has 0 unspecified atom stereocenters. The average molecular weight is 301 g/mol. The first-order chi connectivity index (χ1) is 9.56. The Kier molecular flexibility index (Phi) is 7.44. The second-order valence-electron chi connectivity index (χ2n) is 4.75. The van der Waals surface area contributed by atoms with E-state index in [9.17, 15) is 8.78 Å². The van der Waals surface area contributed by atoms with Crippen LogP contribution in [0, 0.1) is 11.6 Å². The lowest BCUT2D eigenvalue weighted by molar-refractivity contribution is 0.275. The van der Waals surface area contributed by atoms with E-state index in [2.05, 4.69) is 19.1 Å². The Morgan fingerprint density at radius 2 is 1.65 bits per heavy atom. The van der Waals surface area contributed by atoms with E-state index in [1.807, 2.05) is 0 Å². The van der Waals surface area contributed by atoms with Crippen LogP contribution in [0.4, 0.5) is 8.78 Å². The standard InChI is InChI=1S/C15H21F2NOS/c1-2-3-4-5-6-7-8-19-14-12(16)9-11(15(18)20)10-13(14)17/h9-10H,2-8H2,1H3,(H2,18,20). The van der Waals surface area contributed by atoms with E-state index in [4.69, 9.17) is 10.5 Å². The van der Waals surface area contributed by atoms with Crippen molar-refractivity contribution >= 4 is 17.2 Å². The second kappa shape index (κ2) is 8.84. The van der Waals surface area contributed by atoms with Crippen LogP contribution >= 0.6 is 12.2 Å². The minimum absolute atomic E-state index is 0.0368. The van der Waals surface area contributed by atoms with Gasteiger partial charge < -0.3 is 10.5 Å². The minimum Gasteiger partial charge on any atom is -0.488 e. The summed E-state index contributed by atoms with van der Waals surface area (Å²) in [5.41, 5.74) is 5.51. The molecular formula is C15H21F2NOS. The first-order valence-corrected chi connectivity index (χ1v) is 7.38. The zero-order valence-corrected chi connectivity index (χ0v) is 12.6. The molecule has 0 aromatic heterocycles. The molecular weight excluding hydrogens is 280 g/mol. The molecule has 2 N–H and O–H groups in total. The topological polar surface area (TPSA) is 35.2 Å². The van der Waals surface area contributed by atoms with E-state index in [-0.39, 0.29) is 16.3 Å². The predicted molar refractivity (Wildman–Crippen MR) is 81.1 cm³/mol. The van der Waals surface area contributed by atoms with Crippen molar-refractivity contribution in [1.29, 1.82) is 0 Å². The van der Waals surface area contributed by atoms with Gasteiger partial charge in [-0.3, -0.25) is 0 Å². The molecule has 20 heavy (non-hydrogen) atoms. The number of ether oxygens (including phenoxy) is 1. The molecule has 0 bridgehead atoms. The molecule has 1 aromatic carbocycles. The lowest BCUT2D eigenvalue weighted by atomic mass is 10.1. The van der Waals surface area contributed by atoms with Gasteiger partial charge in [-0.1, -0.05) is 51.2 Å². The maximum Gasteiger partial charge on any atom is 0.190 e. The Hall–Kier alpha value is -1.23. The molecule has 0 saturated carbocycles. The van der Waals surface area contributed by atoms with Crippen LogP contribution in [-0.4, -0.2) is 11.6 Å². The average Bonchev–Trinajstić information content (AvgIpc) is 2.40. The van der Waals surface area contributed by atoms with Crippen LogP contribution in [-0.2, 0) is 0 Å². The van der Waals surface area contributed by atoms with Gasteiger partial charge in [-0.25, -0.2) is 8.78 Å².